The predicted octanol–water partition coefficient (Wildman–Crippen LogP) is 3.33. The standard InChI is InChI=1S/C29H30N4O4/c34-27-11-10-25(28(35)31-27)33-16-17-12-19(8-9-20(17)29(33)36)37-26-7-3-6-24(26)32-14-18(15-32)22-13-30-23-5-2-1-4-21(22)23/h1-2,4-5,8-9,12-13,18,24-26,30H,3,6-7,10-11,14-16H2,(H,31,34,35)/t24-,25?,26+/m1/s1. The molecule has 1 unspecified atom stereocenters. The van der Waals surface area contributed by atoms with Gasteiger partial charge in [0.25, 0.3) is 5.91 Å². The van der Waals surface area contributed by atoms with E-state index in [1.807, 2.05) is 18.2 Å². The number of amides is 3. The van der Waals surface area contributed by atoms with Gasteiger partial charge in [0.2, 0.25) is 11.8 Å². The van der Waals surface area contributed by atoms with Crippen LogP contribution in [0.4, 0.5) is 0 Å². The molecule has 0 radical (unpaired) electrons. The molecule has 7 rings (SSSR count). The van der Waals surface area contributed by atoms with Crippen LogP contribution in [-0.4, -0.2) is 63.8 Å². The number of rotatable bonds is 5. The molecule has 4 aliphatic rings. The van der Waals surface area contributed by atoms with Gasteiger partial charge in [0.05, 0.1) is 0 Å². The zero-order valence-electron chi connectivity index (χ0n) is 20.6. The summed E-state index contributed by atoms with van der Waals surface area (Å²) < 4.78 is 6.52. The lowest BCUT2D eigenvalue weighted by atomic mass is 9.89. The third-order valence-electron chi connectivity index (χ3n) is 8.64. The Morgan fingerprint density at radius 1 is 0.973 bits per heavy atom. The number of carbonyl (C=O) groups excluding carboxylic acids is 3. The molecule has 2 N–H and O–H groups in total. The van der Waals surface area contributed by atoms with Gasteiger partial charge in [-0.1, -0.05) is 18.2 Å². The number of fused-ring (bicyclic) bond motifs is 2. The molecule has 3 amide bonds. The Morgan fingerprint density at radius 3 is 2.70 bits per heavy atom. The molecule has 3 aliphatic heterocycles. The molecule has 3 fully saturated rings. The minimum Gasteiger partial charge on any atom is -0.489 e. The lowest BCUT2D eigenvalue weighted by Crippen LogP contribution is -2.54. The van der Waals surface area contributed by atoms with Crippen molar-refractivity contribution in [2.24, 2.45) is 0 Å². The number of hydrogen-bond acceptors (Lipinski definition) is 5. The summed E-state index contributed by atoms with van der Waals surface area (Å²) in [6, 6.07) is 14.0. The van der Waals surface area contributed by atoms with Crippen LogP contribution in [0.1, 0.15) is 59.5 Å². The van der Waals surface area contributed by atoms with Crippen molar-refractivity contribution >= 4 is 28.6 Å². The van der Waals surface area contributed by atoms with E-state index >= 15 is 0 Å². The zero-order valence-corrected chi connectivity index (χ0v) is 20.6. The Labute approximate surface area is 214 Å². The molecule has 4 heterocycles. The minimum atomic E-state index is -0.599. The summed E-state index contributed by atoms with van der Waals surface area (Å²) in [5.74, 6) is 0.507. The van der Waals surface area contributed by atoms with E-state index < -0.39 is 6.04 Å². The number of likely N-dealkylation sites (tertiary alicyclic amines) is 1. The zero-order chi connectivity index (χ0) is 25.1. The predicted molar refractivity (Wildman–Crippen MR) is 137 cm³/mol. The van der Waals surface area contributed by atoms with Gasteiger partial charge in [-0.3, -0.25) is 24.6 Å². The number of H-pyrrole nitrogens is 1. The van der Waals surface area contributed by atoms with Gasteiger partial charge >= 0.3 is 0 Å². The first-order valence-electron chi connectivity index (χ1n) is 13.3. The van der Waals surface area contributed by atoms with Gasteiger partial charge in [-0.05, 0) is 61.1 Å². The molecule has 37 heavy (non-hydrogen) atoms. The van der Waals surface area contributed by atoms with Crippen LogP contribution in [0.25, 0.3) is 10.9 Å². The highest BCUT2D eigenvalue weighted by Crippen LogP contribution is 2.39. The number of aromatic nitrogens is 1. The lowest BCUT2D eigenvalue weighted by molar-refractivity contribution is -0.136. The van der Waals surface area contributed by atoms with Crippen molar-refractivity contribution in [2.45, 2.75) is 62.8 Å². The van der Waals surface area contributed by atoms with E-state index in [9.17, 15) is 14.4 Å². The lowest BCUT2D eigenvalue weighted by Gasteiger charge is -2.45. The van der Waals surface area contributed by atoms with Crippen molar-refractivity contribution in [2.75, 3.05) is 13.1 Å². The minimum absolute atomic E-state index is 0.130. The van der Waals surface area contributed by atoms with Crippen LogP contribution < -0.4 is 10.1 Å². The second kappa shape index (κ2) is 8.73. The highest BCUT2D eigenvalue weighted by Gasteiger charge is 2.42. The van der Waals surface area contributed by atoms with Crippen LogP contribution in [0.15, 0.2) is 48.7 Å². The summed E-state index contributed by atoms with van der Waals surface area (Å²) in [6.45, 7) is 2.46. The normalized spacial score (nSPS) is 26.4. The number of hydrogen-bond donors (Lipinski definition) is 2. The quantitative estimate of drug-likeness (QED) is 0.527. The molecule has 3 aromatic rings. The summed E-state index contributed by atoms with van der Waals surface area (Å²) in [4.78, 5) is 44.4. The Hall–Kier alpha value is -3.65. The summed E-state index contributed by atoms with van der Waals surface area (Å²) in [5, 5.41) is 3.68. The average Bonchev–Trinajstić information content (AvgIpc) is 3.57. The third-order valence-corrected chi connectivity index (χ3v) is 8.64. The molecule has 1 aromatic heterocycles. The number of aromatic amines is 1. The number of imide groups is 1. The Bertz CT molecular complexity index is 1410. The molecule has 1 saturated carbocycles. The summed E-state index contributed by atoms with van der Waals surface area (Å²) in [6.07, 6.45) is 6.23. The monoisotopic (exact) mass is 498 g/mol. The van der Waals surface area contributed by atoms with Gasteiger partial charge in [-0.2, -0.15) is 0 Å². The molecule has 3 atom stereocenters. The first kappa shape index (κ1) is 22.5. The van der Waals surface area contributed by atoms with E-state index in [1.54, 1.807) is 4.90 Å². The van der Waals surface area contributed by atoms with E-state index in [-0.39, 0.29) is 30.2 Å². The third kappa shape index (κ3) is 3.82. The molecule has 8 nitrogen and oxygen atoms in total. The van der Waals surface area contributed by atoms with Crippen molar-refractivity contribution < 1.29 is 19.1 Å². The number of nitrogens with zero attached hydrogens (tertiary/aromatic N) is 2. The smallest absolute Gasteiger partial charge is 0.255 e. The number of carbonyl (C=O) groups is 3. The summed E-state index contributed by atoms with van der Waals surface area (Å²) >= 11 is 0. The van der Waals surface area contributed by atoms with E-state index in [0.29, 0.717) is 30.5 Å². The first-order chi connectivity index (χ1) is 18.0. The van der Waals surface area contributed by atoms with Crippen molar-refractivity contribution in [3.8, 4) is 5.75 Å². The van der Waals surface area contributed by atoms with Crippen molar-refractivity contribution in [3.63, 3.8) is 0 Å². The van der Waals surface area contributed by atoms with Gasteiger partial charge in [-0.15, -0.1) is 0 Å². The van der Waals surface area contributed by atoms with Crippen LogP contribution in [0, 0.1) is 0 Å². The first-order valence-corrected chi connectivity index (χ1v) is 13.3. The van der Waals surface area contributed by atoms with Crippen molar-refractivity contribution in [1.29, 1.82) is 0 Å². The van der Waals surface area contributed by atoms with E-state index in [2.05, 4.69) is 45.7 Å². The van der Waals surface area contributed by atoms with E-state index in [4.69, 9.17) is 4.74 Å². The highest BCUT2D eigenvalue weighted by atomic mass is 16.5. The number of ether oxygens (including phenoxy) is 1. The van der Waals surface area contributed by atoms with Crippen LogP contribution in [0.5, 0.6) is 5.75 Å². The second-order valence-corrected chi connectivity index (χ2v) is 10.8. The van der Waals surface area contributed by atoms with Crippen LogP contribution in [0.3, 0.4) is 0 Å². The number of benzene rings is 2. The molecular formula is C29H30N4O4. The largest absolute Gasteiger partial charge is 0.489 e. The number of para-hydroxylation sites is 1. The molecule has 2 aromatic carbocycles. The van der Waals surface area contributed by atoms with Crippen molar-refractivity contribution in [3.05, 3.63) is 65.4 Å². The molecule has 2 saturated heterocycles. The van der Waals surface area contributed by atoms with E-state index in [0.717, 1.165) is 43.7 Å². The Kier molecular flexibility index (Phi) is 5.32. The Balaban J connectivity index is 1.01. The molecule has 8 heteroatoms. The average molecular weight is 499 g/mol. The van der Waals surface area contributed by atoms with Gasteiger partial charge in [0.1, 0.15) is 17.9 Å². The van der Waals surface area contributed by atoms with E-state index in [1.165, 1.54) is 16.5 Å². The SMILES string of the molecule is O=C1CCC(N2Cc3cc(O[C@H]4CCC[C@H]4N4CC(c5c[nH]c6ccccc56)C4)ccc3C2=O)C(=O)N1. The van der Waals surface area contributed by atoms with Crippen LogP contribution >= 0.6 is 0 Å². The fourth-order valence-corrected chi connectivity index (χ4v) is 6.67. The fourth-order valence-electron chi connectivity index (χ4n) is 6.67. The number of nitrogens with one attached hydrogen (secondary N) is 2. The van der Waals surface area contributed by atoms with Gasteiger partial charge in [0.15, 0.2) is 0 Å². The highest BCUT2D eigenvalue weighted by molar-refractivity contribution is 6.05. The van der Waals surface area contributed by atoms with Crippen LogP contribution in [0.2, 0.25) is 0 Å². The topological polar surface area (TPSA) is 94.7 Å². The maximum Gasteiger partial charge on any atom is 0.255 e. The molecule has 0 bridgehead atoms. The maximum absolute atomic E-state index is 13.0. The number of piperidine rings is 1. The molecule has 0 spiro atoms. The van der Waals surface area contributed by atoms with Gasteiger partial charge in [-0.25, -0.2) is 0 Å². The maximum atomic E-state index is 13.0. The van der Waals surface area contributed by atoms with Crippen LogP contribution in [-0.2, 0) is 16.1 Å². The Morgan fingerprint density at radius 2 is 1.84 bits per heavy atom. The van der Waals surface area contributed by atoms with Gasteiger partial charge in [0, 0.05) is 60.7 Å². The summed E-state index contributed by atoms with van der Waals surface area (Å²) in [7, 11) is 0. The van der Waals surface area contributed by atoms with Crippen molar-refractivity contribution in [1.82, 2.24) is 20.1 Å². The molecule has 190 valence electrons. The summed E-state index contributed by atoms with van der Waals surface area (Å²) in [5.41, 5.74) is 4.10. The molecular weight excluding hydrogens is 468 g/mol. The fraction of sp³-hybridized carbons (Fsp3) is 0.414. The second-order valence-electron chi connectivity index (χ2n) is 10.8. The molecule has 1 aliphatic carbocycles. The van der Waals surface area contributed by atoms with Gasteiger partial charge < -0.3 is 14.6 Å².